The largest absolute Gasteiger partial charge is 0.466 e. The van der Waals surface area contributed by atoms with Crippen LogP contribution in [0.25, 0.3) is 0 Å². The molecule has 120 valence electrons. The van der Waals surface area contributed by atoms with Gasteiger partial charge in [-0.25, -0.2) is 4.79 Å². The highest BCUT2D eigenvalue weighted by molar-refractivity contribution is 9.10. The van der Waals surface area contributed by atoms with E-state index in [1.54, 1.807) is 0 Å². The number of nitrogens with one attached hydrogen (secondary N) is 1. The zero-order valence-corrected chi connectivity index (χ0v) is 14.8. The summed E-state index contributed by atoms with van der Waals surface area (Å²) in [5.41, 5.74) is 2.15. The summed E-state index contributed by atoms with van der Waals surface area (Å²) in [4.78, 5) is 23.6. The van der Waals surface area contributed by atoms with Crippen LogP contribution in [0.1, 0.15) is 38.7 Å². The van der Waals surface area contributed by atoms with E-state index < -0.39 is 5.97 Å². The molecule has 0 saturated heterocycles. The summed E-state index contributed by atoms with van der Waals surface area (Å²) in [5, 5.41) is 2.79. The van der Waals surface area contributed by atoms with Crippen molar-refractivity contribution in [1.29, 1.82) is 0 Å². The van der Waals surface area contributed by atoms with Gasteiger partial charge < -0.3 is 10.1 Å². The first-order valence-corrected chi connectivity index (χ1v) is 8.09. The highest BCUT2D eigenvalue weighted by atomic mass is 79.9. The number of hydrogen-bond acceptors (Lipinski definition) is 3. The molecule has 0 aliphatic rings. The first kappa shape index (κ1) is 18.4. The quantitative estimate of drug-likeness (QED) is 0.589. The third-order valence-corrected chi connectivity index (χ3v) is 3.73. The molecule has 1 rings (SSSR count). The summed E-state index contributed by atoms with van der Waals surface area (Å²) in [6.07, 6.45) is 2.96. The van der Waals surface area contributed by atoms with Crippen LogP contribution < -0.4 is 5.32 Å². The van der Waals surface area contributed by atoms with Gasteiger partial charge in [-0.3, -0.25) is 4.79 Å². The molecule has 1 aromatic rings. The second kappa shape index (κ2) is 9.41. The van der Waals surface area contributed by atoms with Gasteiger partial charge >= 0.3 is 5.97 Å². The highest BCUT2D eigenvalue weighted by Gasteiger charge is 2.17. The first-order chi connectivity index (χ1) is 10.5. The van der Waals surface area contributed by atoms with Crippen LogP contribution in [0.5, 0.6) is 0 Å². The lowest BCUT2D eigenvalue weighted by molar-refractivity contribution is -0.136. The lowest BCUT2D eigenvalue weighted by atomic mass is 10.0. The van der Waals surface area contributed by atoms with Crippen molar-refractivity contribution in [3.8, 4) is 0 Å². The minimum atomic E-state index is -0.400. The number of benzene rings is 1. The van der Waals surface area contributed by atoms with E-state index >= 15 is 0 Å². The molecule has 0 heterocycles. The van der Waals surface area contributed by atoms with E-state index in [2.05, 4.69) is 28.2 Å². The number of halogens is 1. The Kier molecular flexibility index (Phi) is 7.88. The summed E-state index contributed by atoms with van der Waals surface area (Å²) < 4.78 is 5.87. The van der Waals surface area contributed by atoms with Crippen molar-refractivity contribution in [3.63, 3.8) is 0 Å². The molecule has 0 spiro atoms. The number of rotatable bonds is 7. The molecule has 0 unspecified atom stereocenters. The van der Waals surface area contributed by atoms with E-state index in [-0.39, 0.29) is 5.91 Å². The number of carbonyl (C=O) groups excluding carboxylic acids is 2. The normalized spacial score (nSPS) is 11.6. The third kappa shape index (κ3) is 6.02. The molecule has 0 saturated carbocycles. The molecular weight excluding hydrogens is 346 g/mol. The van der Waals surface area contributed by atoms with Crippen LogP contribution in [0.4, 0.5) is 0 Å². The summed E-state index contributed by atoms with van der Waals surface area (Å²) in [6.45, 7) is 3.51. The number of ether oxygens (including phenoxy) is 1. The number of esters is 1. The van der Waals surface area contributed by atoms with Crippen LogP contribution in [0, 0.1) is 0 Å². The molecule has 1 amide bonds. The smallest absolute Gasteiger partial charge is 0.335 e. The minimum absolute atomic E-state index is 0.177. The van der Waals surface area contributed by atoms with E-state index in [4.69, 9.17) is 4.74 Å². The van der Waals surface area contributed by atoms with E-state index in [9.17, 15) is 9.59 Å². The molecule has 4 nitrogen and oxygen atoms in total. The lowest BCUT2D eigenvalue weighted by Crippen LogP contribution is -2.24. The van der Waals surface area contributed by atoms with Gasteiger partial charge in [-0.1, -0.05) is 41.4 Å². The van der Waals surface area contributed by atoms with Gasteiger partial charge in [0.2, 0.25) is 5.91 Å². The third-order valence-electron chi connectivity index (χ3n) is 3.20. The monoisotopic (exact) mass is 367 g/mol. The minimum Gasteiger partial charge on any atom is -0.466 e. The lowest BCUT2D eigenvalue weighted by Gasteiger charge is -2.14. The Labute approximate surface area is 140 Å². The van der Waals surface area contributed by atoms with Crippen molar-refractivity contribution in [1.82, 2.24) is 5.32 Å². The molecule has 5 heteroatoms. The summed E-state index contributed by atoms with van der Waals surface area (Å²) in [5.74, 6) is -0.578. The van der Waals surface area contributed by atoms with Gasteiger partial charge in [-0.2, -0.15) is 0 Å². The number of carbonyl (C=O) groups is 2. The molecule has 22 heavy (non-hydrogen) atoms. The van der Waals surface area contributed by atoms with Crippen LogP contribution >= 0.6 is 15.9 Å². The van der Waals surface area contributed by atoms with E-state index in [1.807, 2.05) is 24.3 Å². The molecule has 0 fully saturated rings. The summed E-state index contributed by atoms with van der Waals surface area (Å²) >= 11 is 3.39. The van der Waals surface area contributed by atoms with Crippen LogP contribution in [-0.2, 0) is 20.7 Å². The molecule has 1 aromatic carbocycles. The molecule has 0 bridgehead atoms. The Morgan fingerprint density at radius 1 is 1.23 bits per heavy atom. The SMILES string of the molecule is CCCC/C(NC(C)=O)=C(\Cc1ccc(Br)cc1)C(=O)OC. The number of unbranched alkanes of at least 4 members (excludes halogenated alkanes) is 1. The number of allylic oxidation sites excluding steroid dienone is 1. The van der Waals surface area contributed by atoms with E-state index in [1.165, 1.54) is 14.0 Å². The fraction of sp³-hybridized carbons (Fsp3) is 0.412. The van der Waals surface area contributed by atoms with Crippen molar-refractivity contribution in [3.05, 3.63) is 45.6 Å². The predicted octanol–water partition coefficient (Wildman–Crippen LogP) is 3.75. The average molecular weight is 368 g/mol. The van der Waals surface area contributed by atoms with Crippen LogP contribution in [0.15, 0.2) is 40.0 Å². The predicted molar refractivity (Wildman–Crippen MR) is 90.2 cm³/mol. The van der Waals surface area contributed by atoms with Crippen molar-refractivity contribution in [2.75, 3.05) is 7.11 Å². The molecule has 0 aromatic heterocycles. The van der Waals surface area contributed by atoms with Crippen molar-refractivity contribution >= 4 is 27.8 Å². The molecule has 0 aliphatic carbocycles. The maximum Gasteiger partial charge on any atom is 0.335 e. The molecular formula is C17H22BrNO3. The van der Waals surface area contributed by atoms with E-state index in [0.717, 1.165) is 22.9 Å². The van der Waals surface area contributed by atoms with Crippen LogP contribution in [0.3, 0.4) is 0 Å². The Hall–Kier alpha value is -1.62. The number of hydrogen-bond donors (Lipinski definition) is 1. The Morgan fingerprint density at radius 3 is 2.36 bits per heavy atom. The molecule has 1 N–H and O–H groups in total. The maximum absolute atomic E-state index is 12.1. The van der Waals surface area contributed by atoms with Crippen molar-refractivity contribution in [2.45, 2.75) is 39.5 Å². The van der Waals surface area contributed by atoms with Gasteiger partial charge in [0.05, 0.1) is 12.7 Å². The molecule has 0 radical (unpaired) electrons. The van der Waals surface area contributed by atoms with Gasteiger partial charge in [-0.15, -0.1) is 0 Å². The van der Waals surface area contributed by atoms with Crippen LogP contribution in [0.2, 0.25) is 0 Å². The van der Waals surface area contributed by atoms with Gasteiger partial charge in [0.15, 0.2) is 0 Å². The zero-order valence-electron chi connectivity index (χ0n) is 13.2. The standard InChI is InChI=1S/C17H22BrNO3/c1-4-5-6-16(19-12(2)20)15(17(21)22-3)11-13-7-9-14(18)10-8-13/h7-10H,4-6,11H2,1-3H3,(H,19,20)/b16-15-. The van der Waals surface area contributed by atoms with E-state index in [0.29, 0.717) is 24.1 Å². The van der Waals surface area contributed by atoms with Gasteiger partial charge in [-0.05, 0) is 30.5 Å². The number of methoxy groups -OCH3 is 1. The molecule has 0 aliphatic heterocycles. The highest BCUT2D eigenvalue weighted by Crippen LogP contribution is 2.19. The average Bonchev–Trinajstić information content (AvgIpc) is 2.50. The number of amides is 1. The Balaban J connectivity index is 3.14. The van der Waals surface area contributed by atoms with Gasteiger partial charge in [0.25, 0.3) is 0 Å². The Bertz CT molecular complexity index is 550. The fourth-order valence-corrected chi connectivity index (χ4v) is 2.35. The zero-order chi connectivity index (χ0) is 16.5. The van der Waals surface area contributed by atoms with Crippen molar-refractivity contribution in [2.24, 2.45) is 0 Å². The van der Waals surface area contributed by atoms with Crippen LogP contribution in [-0.4, -0.2) is 19.0 Å². The Morgan fingerprint density at radius 2 is 1.86 bits per heavy atom. The van der Waals surface area contributed by atoms with Gasteiger partial charge in [0.1, 0.15) is 0 Å². The second-order valence-corrected chi connectivity index (χ2v) is 5.95. The van der Waals surface area contributed by atoms with Crippen molar-refractivity contribution < 1.29 is 14.3 Å². The van der Waals surface area contributed by atoms with Gasteiger partial charge in [0, 0.05) is 23.5 Å². The fourth-order valence-electron chi connectivity index (χ4n) is 2.09. The first-order valence-electron chi connectivity index (χ1n) is 7.30. The second-order valence-electron chi connectivity index (χ2n) is 5.04. The maximum atomic E-state index is 12.1. The molecule has 0 atom stereocenters. The topological polar surface area (TPSA) is 55.4 Å². The summed E-state index contributed by atoms with van der Waals surface area (Å²) in [6, 6.07) is 7.74. The summed E-state index contributed by atoms with van der Waals surface area (Å²) in [7, 11) is 1.36.